The summed E-state index contributed by atoms with van der Waals surface area (Å²) in [5, 5.41) is 12.5. The van der Waals surface area contributed by atoms with Gasteiger partial charge in [0.25, 0.3) is 0 Å². The Morgan fingerprint density at radius 3 is 2.92 bits per heavy atom. The van der Waals surface area contributed by atoms with Gasteiger partial charge in [0.2, 0.25) is 0 Å². The first-order valence-corrected chi connectivity index (χ1v) is 5.69. The Hall–Kier alpha value is -0.410. The summed E-state index contributed by atoms with van der Waals surface area (Å²) in [6.07, 6.45) is 4.59. The van der Waals surface area contributed by atoms with E-state index >= 15 is 0 Å². The van der Waals surface area contributed by atoms with Gasteiger partial charge >= 0.3 is 0 Å². The summed E-state index contributed by atoms with van der Waals surface area (Å²) in [6, 6.07) is 0. The molecule has 0 aliphatic carbocycles. The Balaban J connectivity index is 2.37. The number of rotatable bonds is 5. The molecule has 2 atom stereocenters. The molecule has 0 saturated heterocycles. The number of aliphatic hydroxyl groups is 1. The predicted octanol–water partition coefficient (Wildman–Crippen LogP) is 3.00. The number of aliphatic hydroxyl groups excluding tert-OH is 1. The Bertz CT molecular complexity index is 223. The fraction of sp³-hybridized carbons (Fsp3) is 0.700. The Morgan fingerprint density at radius 1 is 1.62 bits per heavy atom. The molecule has 13 heavy (non-hydrogen) atoms. The highest BCUT2D eigenvalue weighted by Gasteiger charge is 2.13. The number of thiazole rings is 1. The molecule has 2 unspecified atom stereocenters. The SMILES string of the molecule is CCCC(C)CC(O)c1nccs1. The molecule has 3 heteroatoms. The van der Waals surface area contributed by atoms with Gasteiger partial charge in [-0.15, -0.1) is 11.3 Å². The quantitative estimate of drug-likeness (QED) is 0.790. The molecule has 0 aliphatic heterocycles. The van der Waals surface area contributed by atoms with E-state index in [-0.39, 0.29) is 6.10 Å². The van der Waals surface area contributed by atoms with Gasteiger partial charge in [0.05, 0.1) is 0 Å². The monoisotopic (exact) mass is 199 g/mol. The highest BCUT2D eigenvalue weighted by molar-refractivity contribution is 7.09. The van der Waals surface area contributed by atoms with E-state index in [1.807, 2.05) is 5.38 Å². The van der Waals surface area contributed by atoms with Gasteiger partial charge in [-0.2, -0.15) is 0 Å². The third kappa shape index (κ3) is 3.44. The topological polar surface area (TPSA) is 33.1 Å². The average molecular weight is 199 g/mol. The van der Waals surface area contributed by atoms with Crippen molar-refractivity contribution in [3.05, 3.63) is 16.6 Å². The molecule has 0 aromatic carbocycles. The lowest BCUT2D eigenvalue weighted by Crippen LogP contribution is -2.03. The first kappa shape index (κ1) is 10.7. The first-order chi connectivity index (χ1) is 6.24. The minimum Gasteiger partial charge on any atom is -0.386 e. The molecule has 0 radical (unpaired) electrons. The molecule has 1 rings (SSSR count). The Kier molecular flexibility index (Phi) is 4.39. The molecular formula is C10H17NOS. The fourth-order valence-corrected chi connectivity index (χ4v) is 2.13. The van der Waals surface area contributed by atoms with Crippen molar-refractivity contribution in [2.45, 2.75) is 39.2 Å². The molecule has 0 saturated carbocycles. The summed E-state index contributed by atoms with van der Waals surface area (Å²) >= 11 is 1.53. The lowest BCUT2D eigenvalue weighted by atomic mass is 9.99. The molecule has 1 N–H and O–H groups in total. The Morgan fingerprint density at radius 2 is 2.38 bits per heavy atom. The summed E-state index contributed by atoms with van der Waals surface area (Å²) < 4.78 is 0. The lowest BCUT2D eigenvalue weighted by molar-refractivity contribution is 0.145. The molecule has 0 spiro atoms. The van der Waals surface area contributed by atoms with Gasteiger partial charge < -0.3 is 5.11 Å². The maximum atomic E-state index is 9.75. The number of aromatic nitrogens is 1. The Labute approximate surface area is 83.6 Å². The van der Waals surface area contributed by atoms with Crippen LogP contribution in [0.5, 0.6) is 0 Å². The molecule has 0 bridgehead atoms. The van der Waals surface area contributed by atoms with Crippen LogP contribution in [0.2, 0.25) is 0 Å². The van der Waals surface area contributed by atoms with Crippen molar-refractivity contribution in [3.63, 3.8) is 0 Å². The summed E-state index contributed by atoms with van der Waals surface area (Å²) in [5.41, 5.74) is 0. The first-order valence-electron chi connectivity index (χ1n) is 4.81. The van der Waals surface area contributed by atoms with E-state index in [0.717, 1.165) is 11.4 Å². The van der Waals surface area contributed by atoms with Gasteiger partial charge in [-0.1, -0.05) is 26.7 Å². The minimum atomic E-state index is -0.360. The van der Waals surface area contributed by atoms with Crippen LogP contribution >= 0.6 is 11.3 Å². The van der Waals surface area contributed by atoms with Gasteiger partial charge in [-0.05, 0) is 12.3 Å². The maximum Gasteiger partial charge on any atom is 0.121 e. The van der Waals surface area contributed by atoms with Crippen LogP contribution in [0.15, 0.2) is 11.6 Å². The normalized spacial score (nSPS) is 15.6. The van der Waals surface area contributed by atoms with Crippen LogP contribution in [0.3, 0.4) is 0 Å². The van der Waals surface area contributed by atoms with E-state index in [1.54, 1.807) is 6.20 Å². The number of hydrogen-bond donors (Lipinski definition) is 1. The summed E-state index contributed by atoms with van der Waals surface area (Å²) in [5.74, 6) is 0.587. The summed E-state index contributed by atoms with van der Waals surface area (Å²) in [7, 11) is 0. The van der Waals surface area contributed by atoms with Crippen LogP contribution in [0.1, 0.15) is 44.2 Å². The van der Waals surface area contributed by atoms with Crippen molar-refractivity contribution in [2.75, 3.05) is 0 Å². The van der Waals surface area contributed by atoms with E-state index in [9.17, 15) is 5.11 Å². The van der Waals surface area contributed by atoms with Crippen molar-refractivity contribution in [2.24, 2.45) is 5.92 Å². The number of hydrogen-bond acceptors (Lipinski definition) is 3. The van der Waals surface area contributed by atoms with Crippen LogP contribution in [0.4, 0.5) is 0 Å². The highest BCUT2D eigenvalue weighted by Crippen LogP contribution is 2.24. The van der Waals surface area contributed by atoms with Gasteiger partial charge in [0.15, 0.2) is 0 Å². The van der Waals surface area contributed by atoms with Crippen LogP contribution in [0, 0.1) is 5.92 Å². The number of nitrogens with zero attached hydrogens (tertiary/aromatic N) is 1. The van der Waals surface area contributed by atoms with Gasteiger partial charge in [0, 0.05) is 11.6 Å². The summed E-state index contributed by atoms with van der Waals surface area (Å²) in [4.78, 5) is 4.10. The third-order valence-corrected chi connectivity index (χ3v) is 3.02. The van der Waals surface area contributed by atoms with E-state index in [0.29, 0.717) is 5.92 Å². The van der Waals surface area contributed by atoms with E-state index < -0.39 is 0 Å². The largest absolute Gasteiger partial charge is 0.386 e. The molecule has 1 heterocycles. The van der Waals surface area contributed by atoms with Gasteiger partial charge in [-0.3, -0.25) is 0 Å². The highest BCUT2D eigenvalue weighted by atomic mass is 32.1. The molecule has 0 fully saturated rings. The molecule has 0 aliphatic rings. The van der Waals surface area contributed by atoms with Crippen LogP contribution < -0.4 is 0 Å². The predicted molar refractivity (Wildman–Crippen MR) is 55.8 cm³/mol. The zero-order valence-electron chi connectivity index (χ0n) is 8.23. The van der Waals surface area contributed by atoms with Crippen LogP contribution in [-0.4, -0.2) is 10.1 Å². The van der Waals surface area contributed by atoms with Crippen molar-refractivity contribution in [1.29, 1.82) is 0 Å². The maximum absolute atomic E-state index is 9.75. The third-order valence-electron chi connectivity index (χ3n) is 2.14. The van der Waals surface area contributed by atoms with Crippen molar-refractivity contribution in [3.8, 4) is 0 Å². The van der Waals surface area contributed by atoms with Crippen molar-refractivity contribution >= 4 is 11.3 Å². The minimum absolute atomic E-state index is 0.360. The van der Waals surface area contributed by atoms with Crippen LogP contribution in [-0.2, 0) is 0 Å². The van der Waals surface area contributed by atoms with Crippen molar-refractivity contribution in [1.82, 2.24) is 4.98 Å². The standard InChI is InChI=1S/C10H17NOS/c1-3-4-8(2)7-9(12)10-11-5-6-13-10/h5-6,8-9,12H,3-4,7H2,1-2H3. The average Bonchev–Trinajstić information content (AvgIpc) is 2.55. The molecule has 1 aromatic heterocycles. The van der Waals surface area contributed by atoms with E-state index in [2.05, 4.69) is 18.8 Å². The van der Waals surface area contributed by atoms with Gasteiger partial charge in [-0.25, -0.2) is 4.98 Å². The second kappa shape index (κ2) is 5.35. The molecular weight excluding hydrogens is 182 g/mol. The van der Waals surface area contributed by atoms with E-state index in [4.69, 9.17) is 0 Å². The molecule has 0 amide bonds. The van der Waals surface area contributed by atoms with Crippen LogP contribution in [0.25, 0.3) is 0 Å². The molecule has 74 valence electrons. The van der Waals surface area contributed by atoms with Gasteiger partial charge in [0.1, 0.15) is 11.1 Å². The van der Waals surface area contributed by atoms with Crippen molar-refractivity contribution < 1.29 is 5.11 Å². The molecule has 2 nitrogen and oxygen atoms in total. The van der Waals surface area contributed by atoms with E-state index in [1.165, 1.54) is 24.2 Å². The smallest absolute Gasteiger partial charge is 0.121 e. The summed E-state index contributed by atoms with van der Waals surface area (Å²) in [6.45, 7) is 4.35. The molecule has 1 aromatic rings. The zero-order chi connectivity index (χ0) is 9.68. The fourth-order valence-electron chi connectivity index (χ4n) is 1.49. The second-order valence-electron chi connectivity index (χ2n) is 3.52. The second-order valence-corrected chi connectivity index (χ2v) is 4.44. The zero-order valence-corrected chi connectivity index (χ0v) is 9.05. The lowest BCUT2D eigenvalue weighted by Gasteiger charge is -2.13.